The minimum Gasteiger partial charge on any atom is -0.396 e. The molecule has 0 spiro atoms. The van der Waals surface area contributed by atoms with Crippen LogP contribution in [0.5, 0.6) is 0 Å². The van der Waals surface area contributed by atoms with Crippen molar-refractivity contribution in [2.24, 2.45) is 0 Å². The van der Waals surface area contributed by atoms with E-state index in [0.717, 1.165) is 27.6 Å². The van der Waals surface area contributed by atoms with E-state index in [0.29, 0.717) is 11.7 Å². The molecule has 112 valence electrons. The zero-order chi connectivity index (χ0) is 14.8. The van der Waals surface area contributed by atoms with E-state index in [4.69, 9.17) is 5.73 Å². The van der Waals surface area contributed by atoms with Gasteiger partial charge in [-0.25, -0.2) is 0 Å². The van der Waals surface area contributed by atoms with Crippen molar-refractivity contribution in [1.29, 1.82) is 0 Å². The highest BCUT2D eigenvalue weighted by molar-refractivity contribution is 9.10. The quantitative estimate of drug-likeness (QED) is 0.891. The van der Waals surface area contributed by atoms with Crippen molar-refractivity contribution in [2.75, 3.05) is 31.2 Å². The van der Waals surface area contributed by atoms with Crippen LogP contribution in [-0.4, -0.2) is 36.1 Å². The van der Waals surface area contributed by atoms with Crippen LogP contribution in [0.15, 0.2) is 28.9 Å². The number of pyridine rings is 1. The topological polar surface area (TPSA) is 54.2 Å². The molecule has 1 aliphatic rings. The summed E-state index contributed by atoms with van der Waals surface area (Å²) in [7, 11) is 2.20. The van der Waals surface area contributed by atoms with Crippen LogP contribution in [-0.2, 0) is 0 Å². The minimum absolute atomic E-state index is 0.577. The van der Waals surface area contributed by atoms with E-state index in [1.165, 1.54) is 25.8 Å². The molecule has 4 nitrogen and oxygen atoms in total. The zero-order valence-electron chi connectivity index (χ0n) is 12.3. The average Bonchev–Trinajstić information content (AvgIpc) is 2.48. The van der Waals surface area contributed by atoms with Crippen molar-refractivity contribution in [3.05, 3.63) is 28.9 Å². The first kappa shape index (κ1) is 14.6. The Balaban J connectivity index is 1.85. The number of nitrogens with two attached hydrogens (primary N) is 1. The fourth-order valence-electron chi connectivity index (χ4n) is 3.00. The Labute approximate surface area is 133 Å². The SMILES string of the molecule is CN1CCCCC1CNc1c(N)cnc2ccc(Br)cc12. The van der Waals surface area contributed by atoms with Crippen LogP contribution in [0.1, 0.15) is 19.3 Å². The van der Waals surface area contributed by atoms with Gasteiger partial charge in [0.15, 0.2) is 0 Å². The zero-order valence-corrected chi connectivity index (χ0v) is 13.9. The predicted molar refractivity (Wildman–Crippen MR) is 92.6 cm³/mol. The van der Waals surface area contributed by atoms with Crippen LogP contribution < -0.4 is 11.1 Å². The van der Waals surface area contributed by atoms with Crippen LogP contribution in [0.3, 0.4) is 0 Å². The van der Waals surface area contributed by atoms with Crippen molar-refractivity contribution in [3.8, 4) is 0 Å². The smallest absolute Gasteiger partial charge is 0.0743 e. The molecule has 3 N–H and O–H groups in total. The number of fused-ring (bicyclic) bond motifs is 1. The second-order valence-electron chi connectivity index (χ2n) is 5.76. The third-order valence-electron chi connectivity index (χ3n) is 4.30. The number of benzene rings is 1. The second-order valence-corrected chi connectivity index (χ2v) is 6.68. The molecule has 1 unspecified atom stereocenters. The van der Waals surface area contributed by atoms with E-state index in [1.54, 1.807) is 6.20 Å². The van der Waals surface area contributed by atoms with E-state index in [1.807, 2.05) is 12.1 Å². The number of nitrogens with one attached hydrogen (secondary N) is 1. The first-order valence-corrected chi connectivity index (χ1v) is 8.22. The molecule has 1 fully saturated rings. The lowest BCUT2D eigenvalue weighted by atomic mass is 10.0. The molecule has 0 radical (unpaired) electrons. The van der Waals surface area contributed by atoms with Gasteiger partial charge in [0.2, 0.25) is 0 Å². The third-order valence-corrected chi connectivity index (χ3v) is 4.79. The number of nitrogen functional groups attached to an aromatic ring is 1. The number of rotatable bonds is 3. The van der Waals surface area contributed by atoms with Gasteiger partial charge < -0.3 is 16.0 Å². The van der Waals surface area contributed by atoms with Gasteiger partial charge in [-0.3, -0.25) is 4.98 Å². The summed E-state index contributed by atoms with van der Waals surface area (Å²) in [6, 6.07) is 6.67. The molecule has 0 saturated carbocycles. The Kier molecular flexibility index (Phi) is 4.31. The molecule has 0 amide bonds. The normalized spacial score (nSPS) is 19.8. The lowest BCUT2D eigenvalue weighted by molar-refractivity contribution is 0.195. The molecule has 3 rings (SSSR count). The monoisotopic (exact) mass is 348 g/mol. The molecule has 2 aromatic rings. The number of nitrogens with zero attached hydrogens (tertiary/aromatic N) is 2. The minimum atomic E-state index is 0.577. The van der Waals surface area contributed by atoms with Crippen LogP contribution >= 0.6 is 15.9 Å². The first-order chi connectivity index (χ1) is 10.1. The molecule has 21 heavy (non-hydrogen) atoms. The largest absolute Gasteiger partial charge is 0.396 e. The van der Waals surface area contributed by atoms with Gasteiger partial charge in [-0.1, -0.05) is 22.4 Å². The maximum atomic E-state index is 6.13. The molecule has 1 aliphatic heterocycles. The summed E-state index contributed by atoms with van der Waals surface area (Å²) in [5, 5.41) is 4.63. The van der Waals surface area contributed by atoms with Crippen molar-refractivity contribution in [3.63, 3.8) is 0 Å². The molecule has 2 heterocycles. The van der Waals surface area contributed by atoms with Crippen molar-refractivity contribution < 1.29 is 0 Å². The average molecular weight is 349 g/mol. The van der Waals surface area contributed by atoms with Gasteiger partial charge in [-0.15, -0.1) is 0 Å². The summed E-state index contributed by atoms with van der Waals surface area (Å²) in [4.78, 5) is 6.83. The van der Waals surface area contributed by atoms with Crippen LogP contribution in [0.2, 0.25) is 0 Å². The van der Waals surface area contributed by atoms with Crippen LogP contribution in [0, 0.1) is 0 Å². The lowest BCUT2D eigenvalue weighted by Gasteiger charge is -2.33. The number of likely N-dealkylation sites (N-methyl/N-ethyl adjacent to an activating group) is 1. The second kappa shape index (κ2) is 6.20. The summed E-state index contributed by atoms with van der Waals surface area (Å²) in [5.41, 5.74) is 8.81. The summed E-state index contributed by atoms with van der Waals surface area (Å²) < 4.78 is 1.04. The van der Waals surface area contributed by atoms with E-state index in [-0.39, 0.29) is 0 Å². The summed E-state index contributed by atoms with van der Waals surface area (Å²) in [6.45, 7) is 2.11. The molecule has 0 aliphatic carbocycles. The maximum Gasteiger partial charge on any atom is 0.0743 e. The maximum absolute atomic E-state index is 6.13. The highest BCUT2D eigenvalue weighted by atomic mass is 79.9. The standard InChI is InChI=1S/C16H21BrN4/c1-21-7-3-2-4-12(21)9-20-16-13-8-11(17)5-6-15(13)19-10-14(16)18/h5-6,8,10,12H,2-4,7,9,18H2,1H3,(H,19,20). The number of piperidine rings is 1. The van der Waals surface area contributed by atoms with E-state index < -0.39 is 0 Å². The Bertz CT molecular complexity index is 638. The summed E-state index contributed by atoms with van der Waals surface area (Å²) in [6.07, 6.45) is 5.61. The number of anilines is 2. The highest BCUT2D eigenvalue weighted by Crippen LogP contribution is 2.30. The molecule has 1 saturated heterocycles. The Morgan fingerprint density at radius 2 is 2.29 bits per heavy atom. The molecule has 1 aromatic heterocycles. The summed E-state index contributed by atoms with van der Waals surface area (Å²) in [5.74, 6) is 0. The lowest BCUT2D eigenvalue weighted by Crippen LogP contribution is -2.40. The molecular weight excluding hydrogens is 328 g/mol. The fraction of sp³-hybridized carbons (Fsp3) is 0.438. The predicted octanol–water partition coefficient (Wildman–Crippen LogP) is 3.48. The number of halogens is 1. The van der Waals surface area contributed by atoms with E-state index in [9.17, 15) is 0 Å². The van der Waals surface area contributed by atoms with E-state index >= 15 is 0 Å². The Hall–Kier alpha value is -1.33. The summed E-state index contributed by atoms with van der Waals surface area (Å²) >= 11 is 3.52. The van der Waals surface area contributed by atoms with Gasteiger partial charge in [0.05, 0.1) is 23.1 Å². The fourth-order valence-corrected chi connectivity index (χ4v) is 3.36. The van der Waals surface area contributed by atoms with Crippen LogP contribution in [0.4, 0.5) is 11.4 Å². The van der Waals surface area contributed by atoms with Gasteiger partial charge in [0.1, 0.15) is 0 Å². The molecule has 0 bridgehead atoms. The van der Waals surface area contributed by atoms with Gasteiger partial charge in [0.25, 0.3) is 0 Å². The van der Waals surface area contributed by atoms with Gasteiger partial charge in [0, 0.05) is 22.4 Å². The Morgan fingerprint density at radius 3 is 3.10 bits per heavy atom. The van der Waals surface area contributed by atoms with Crippen LogP contribution in [0.25, 0.3) is 10.9 Å². The van der Waals surface area contributed by atoms with E-state index in [2.05, 4.69) is 44.2 Å². The molecular formula is C16H21BrN4. The van der Waals surface area contributed by atoms with Crippen molar-refractivity contribution >= 4 is 38.2 Å². The third kappa shape index (κ3) is 3.14. The van der Waals surface area contributed by atoms with Gasteiger partial charge in [-0.2, -0.15) is 0 Å². The number of aromatic nitrogens is 1. The number of hydrogen-bond acceptors (Lipinski definition) is 4. The number of likely N-dealkylation sites (tertiary alicyclic amines) is 1. The molecule has 1 atom stereocenters. The van der Waals surface area contributed by atoms with Crippen molar-refractivity contribution in [1.82, 2.24) is 9.88 Å². The van der Waals surface area contributed by atoms with Gasteiger partial charge in [-0.05, 0) is 44.6 Å². The first-order valence-electron chi connectivity index (χ1n) is 7.43. The highest BCUT2D eigenvalue weighted by Gasteiger charge is 2.19. The van der Waals surface area contributed by atoms with Crippen molar-refractivity contribution in [2.45, 2.75) is 25.3 Å². The number of hydrogen-bond donors (Lipinski definition) is 2. The Morgan fingerprint density at radius 1 is 1.43 bits per heavy atom. The molecule has 5 heteroatoms. The van der Waals surface area contributed by atoms with Gasteiger partial charge >= 0.3 is 0 Å². The molecule has 1 aromatic carbocycles.